The summed E-state index contributed by atoms with van der Waals surface area (Å²) in [4.78, 5) is 74.5. The molecule has 0 radical (unpaired) electrons. The number of ether oxygens (including phenoxy) is 2. The summed E-state index contributed by atoms with van der Waals surface area (Å²) in [6.45, 7) is 6.53. The van der Waals surface area contributed by atoms with Crippen LogP contribution >= 0.6 is 0 Å². The molecule has 0 aromatic heterocycles. The lowest BCUT2D eigenvalue weighted by atomic mass is 9.73. The van der Waals surface area contributed by atoms with Crippen molar-refractivity contribution in [2.45, 2.75) is 161 Å². The van der Waals surface area contributed by atoms with Crippen LogP contribution in [0.5, 0.6) is 0 Å². The van der Waals surface area contributed by atoms with E-state index in [1.54, 1.807) is 4.90 Å². The number of nitrogens with one attached hydrogen (secondary N) is 2. The van der Waals surface area contributed by atoms with E-state index in [1.807, 2.05) is 18.7 Å². The van der Waals surface area contributed by atoms with Crippen molar-refractivity contribution >= 4 is 36.0 Å². The van der Waals surface area contributed by atoms with E-state index < -0.39 is 17.7 Å². The third-order valence-corrected chi connectivity index (χ3v) is 13.0. The number of piperazine rings is 1. The van der Waals surface area contributed by atoms with Gasteiger partial charge in [0.15, 0.2) is 0 Å². The van der Waals surface area contributed by atoms with Crippen molar-refractivity contribution in [2.24, 2.45) is 28.7 Å². The summed E-state index contributed by atoms with van der Waals surface area (Å²) in [5.74, 6) is 1.13. The number of unbranched alkanes of at least 4 members (excludes halogenated alkanes) is 2. The van der Waals surface area contributed by atoms with Crippen LogP contribution in [0.3, 0.4) is 0 Å². The highest BCUT2D eigenvalue weighted by Crippen LogP contribution is 2.41. The molecule has 2 aliphatic heterocycles. The number of hydrogen-bond donors (Lipinski definition) is 2. The number of nitrogens with zero attached hydrogens (tertiary/aromatic N) is 4. The summed E-state index contributed by atoms with van der Waals surface area (Å²) in [5.41, 5.74) is -0.673. The standard InChI is InChI=1S/C42H70N6O7/c1-42(2)35(37(50)48(42)41(53)47-28-26-46(27-29-47)36(49)24-14-6-9-18-32-16-7-3-8-17-32)23-15-25-43-38(44-39(51)54-30-33-19-10-4-11-20-33)45-40(52)55-31-34-21-12-5-13-22-34/h32-35H,3-31H2,1-2H3,(H2,43,44,45,51,52). The van der Waals surface area contributed by atoms with Crippen molar-refractivity contribution in [3.8, 4) is 0 Å². The van der Waals surface area contributed by atoms with Crippen molar-refractivity contribution < 1.29 is 33.4 Å². The molecule has 0 bridgehead atoms. The number of likely N-dealkylation sites (tertiary alicyclic amines) is 1. The van der Waals surface area contributed by atoms with Gasteiger partial charge in [0.05, 0.1) is 24.7 Å². The first-order chi connectivity index (χ1) is 26.6. The normalized spacial score (nSPS) is 22.4. The second-order valence-electron chi connectivity index (χ2n) is 17.5. The summed E-state index contributed by atoms with van der Waals surface area (Å²) in [6, 6.07) is -0.298. The van der Waals surface area contributed by atoms with Gasteiger partial charge in [-0.15, -0.1) is 0 Å². The molecular formula is C42H70N6O7. The zero-order valence-electron chi connectivity index (χ0n) is 34.0. The van der Waals surface area contributed by atoms with Gasteiger partial charge in [-0.3, -0.25) is 30.1 Å². The number of carbonyl (C=O) groups is 5. The van der Waals surface area contributed by atoms with E-state index >= 15 is 0 Å². The van der Waals surface area contributed by atoms with Gasteiger partial charge in [0.1, 0.15) is 0 Å². The number of alkyl carbamates (subject to hydrolysis) is 2. The fourth-order valence-corrected chi connectivity index (χ4v) is 9.41. The van der Waals surface area contributed by atoms with Gasteiger partial charge >= 0.3 is 18.2 Å². The summed E-state index contributed by atoms with van der Waals surface area (Å²) < 4.78 is 11.0. The molecule has 0 aromatic carbocycles. The van der Waals surface area contributed by atoms with Crippen LogP contribution < -0.4 is 10.6 Å². The lowest BCUT2D eigenvalue weighted by Crippen LogP contribution is -2.72. The molecule has 55 heavy (non-hydrogen) atoms. The molecule has 0 spiro atoms. The van der Waals surface area contributed by atoms with Crippen molar-refractivity contribution in [3.63, 3.8) is 0 Å². The maximum Gasteiger partial charge on any atom is 0.413 e. The molecule has 1 atom stereocenters. The van der Waals surface area contributed by atoms with Gasteiger partial charge in [0.2, 0.25) is 17.8 Å². The molecular weight excluding hydrogens is 700 g/mol. The smallest absolute Gasteiger partial charge is 0.413 e. The van der Waals surface area contributed by atoms with Crippen molar-refractivity contribution in [1.29, 1.82) is 0 Å². The first kappa shape index (κ1) is 42.8. The minimum absolute atomic E-state index is 0.0365. The van der Waals surface area contributed by atoms with Gasteiger partial charge in [-0.1, -0.05) is 89.9 Å². The summed E-state index contributed by atoms with van der Waals surface area (Å²) >= 11 is 0. The summed E-state index contributed by atoms with van der Waals surface area (Å²) in [6.07, 6.45) is 22.7. The predicted octanol–water partition coefficient (Wildman–Crippen LogP) is 7.77. The Morgan fingerprint density at radius 3 is 1.69 bits per heavy atom. The number of amides is 6. The molecule has 2 saturated heterocycles. The predicted molar refractivity (Wildman–Crippen MR) is 211 cm³/mol. The maximum atomic E-state index is 13.5. The van der Waals surface area contributed by atoms with E-state index in [0.717, 1.165) is 70.1 Å². The van der Waals surface area contributed by atoms with Crippen LogP contribution in [0.15, 0.2) is 4.99 Å². The van der Waals surface area contributed by atoms with E-state index in [-0.39, 0.29) is 36.3 Å². The molecule has 6 amide bonds. The molecule has 3 saturated carbocycles. The molecule has 5 fully saturated rings. The lowest BCUT2D eigenvalue weighted by Gasteiger charge is -2.54. The van der Waals surface area contributed by atoms with Gasteiger partial charge < -0.3 is 19.3 Å². The zero-order valence-corrected chi connectivity index (χ0v) is 34.0. The van der Waals surface area contributed by atoms with Gasteiger partial charge in [-0.2, -0.15) is 0 Å². The molecule has 13 nitrogen and oxygen atoms in total. The summed E-state index contributed by atoms with van der Waals surface area (Å²) in [5, 5.41) is 5.18. The minimum atomic E-state index is -0.674. The number of urea groups is 1. The molecule has 2 N–H and O–H groups in total. The first-order valence-electron chi connectivity index (χ1n) is 21.9. The SMILES string of the molecule is CC1(C)C(CCCN=C(NC(=O)OCC2CCCCC2)NC(=O)OCC2CCCCC2)C(=O)N1C(=O)N1CCN(C(=O)CCCCCC2CCCCC2)CC1. The molecule has 13 heteroatoms. The lowest BCUT2D eigenvalue weighted by molar-refractivity contribution is -0.161. The maximum absolute atomic E-state index is 13.5. The number of carbonyl (C=O) groups excluding carboxylic acids is 5. The Kier molecular flexibility index (Phi) is 16.9. The largest absolute Gasteiger partial charge is 0.449 e. The summed E-state index contributed by atoms with van der Waals surface area (Å²) in [7, 11) is 0. The van der Waals surface area contributed by atoms with Gasteiger partial charge in [-0.05, 0) is 76.5 Å². The van der Waals surface area contributed by atoms with Crippen LogP contribution in [0.2, 0.25) is 0 Å². The number of aliphatic imine (C=N–C) groups is 1. The molecule has 310 valence electrons. The fourth-order valence-electron chi connectivity index (χ4n) is 9.41. The Morgan fingerprint density at radius 1 is 0.655 bits per heavy atom. The molecule has 5 rings (SSSR count). The number of rotatable bonds is 14. The second kappa shape index (κ2) is 21.8. The van der Waals surface area contributed by atoms with E-state index in [0.29, 0.717) is 70.5 Å². The average Bonchev–Trinajstić information content (AvgIpc) is 3.20. The monoisotopic (exact) mass is 771 g/mol. The highest BCUT2D eigenvalue weighted by atomic mass is 16.6. The Morgan fingerprint density at radius 2 is 1.16 bits per heavy atom. The van der Waals surface area contributed by atoms with E-state index in [2.05, 4.69) is 15.6 Å². The van der Waals surface area contributed by atoms with Crippen LogP contribution in [0, 0.1) is 23.7 Å². The number of hydrogen-bond acceptors (Lipinski definition) is 8. The third-order valence-electron chi connectivity index (χ3n) is 13.0. The quantitative estimate of drug-likeness (QED) is 0.0793. The minimum Gasteiger partial charge on any atom is -0.449 e. The van der Waals surface area contributed by atoms with Gasteiger partial charge in [0.25, 0.3) is 0 Å². The third kappa shape index (κ3) is 13.1. The van der Waals surface area contributed by atoms with E-state index in [1.165, 1.54) is 62.7 Å². The zero-order chi connectivity index (χ0) is 39.0. The highest BCUT2D eigenvalue weighted by Gasteiger charge is 2.57. The molecule has 5 aliphatic rings. The van der Waals surface area contributed by atoms with Crippen molar-refractivity contribution in [3.05, 3.63) is 0 Å². The Balaban J connectivity index is 1.02. The Labute approximate surface area is 329 Å². The van der Waals surface area contributed by atoms with Crippen molar-refractivity contribution in [2.75, 3.05) is 45.9 Å². The topological polar surface area (TPSA) is 150 Å². The average molecular weight is 771 g/mol. The number of imide groups is 1. The first-order valence-corrected chi connectivity index (χ1v) is 21.9. The van der Waals surface area contributed by atoms with Crippen LogP contribution in [0.4, 0.5) is 14.4 Å². The number of β-lactam (4-membered cyclic amide) rings is 1. The van der Waals surface area contributed by atoms with Crippen LogP contribution in [0.25, 0.3) is 0 Å². The molecule has 1 unspecified atom stereocenters. The van der Waals surface area contributed by atoms with E-state index in [9.17, 15) is 24.0 Å². The molecule has 2 heterocycles. The Bertz CT molecular complexity index is 1260. The van der Waals surface area contributed by atoms with Crippen LogP contribution in [-0.4, -0.2) is 102 Å². The van der Waals surface area contributed by atoms with Crippen LogP contribution in [-0.2, 0) is 19.1 Å². The van der Waals surface area contributed by atoms with Crippen LogP contribution in [0.1, 0.15) is 155 Å². The van der Waals surface area contributed by atoms with E-state index in [4.69, 9.17) is 9.47 Å². The number of guanidine groups is 1. The van der Waals surface area contributed by atoms with Crippen molar-refractivity contribution in [1.82, 2.24) is 25.3 Å². The fraction of sp³-hybridized carbons (Fsp3) is 0.857. The Hall–Kier alpha value is -3.38. The highest BCUT2D eigenvalue weighted by molar-refractivity contribution is 6.03. The van der Waals surface area contributed by atoms with Gasteiger partial charge in [0, 0.05) is 39.1 Å². The molecule has 0 aromatic rings. The molecule has 3 aliphatic carbocycles. The second-order valence-corrected chi connectivity index (χ2v) is 17.5. The van der Waals surface area contributed by atoms with Gasteiger partial charge in [-0.25, -0.2) is 14.4 Å².